The van der Waals surface area contributed by atoms with Crippen molar-refractivity contribution in [2.45, 2.75) is 51.2 Å². The first-order valence-electron chi connectivity index (χ1n) is 11.6. The minimum Gasteiger partial charge on any atom is -0.497 e. The first-order chi connectivity index (χ1) is 16.5. The quantitative estimate of drug-likeness (QED) is 0.455. The minimum atomic E-state index is -0.349. The predicted molar refractivity (Wildman–Crippen MR) is 128 cm³/mol. The molecule has 0 atom stereocenters. The van der Waals surface area contributed by atoms with E-state index in [4.69, 9.17) is 4.74 Å². The highest BCUT2D eigenvalue weighted by molar-refractivity contribution is 5.80. The van der Waals surface area contributed by atoms with Crippen LogP contribution in [0.25, 0.3) is 16.7 Å². The second-order valence-corrected chi connectivity index (χ2v) is 8.70. The number of aromatic nitrogens is 4. The van der Waals surface area contributed by atoms with Gasteiger partial charge in [0.1, 0.15) is 5.75 Å². The highest BCUT2D eigenvalue weighted by Gasteiger charge is 2.20. The average molecular weight is 462 g/mol. The van der Waals surface area contributed by atoms with Crippen LogP contribution in [-0.4, -0.2) is 37.8 Å². The lowest BCUT2D eigenvalue weighted by Gasteiger charge is -2.13. The Bertz CT molecular complexity index is 1480. The van der Waals surface area contributed by atoms with E-state index in [1.807, 2.05) is 24.3 Å². The van der Waals surface area contributed by atoms with E-state index in [0.717, 1.165) is 31.2 Å². The molecule has 2 heterocycles. The number of hydrogen-bond donors (Lipinski definition) is 1. The Balaban J connectivity index is 1.54. The number of nitrogens with one attached hydrogen (secondary N) is 1. The number of benzene rings is 2. The Hall–Kier alpha value is -3.88. The van der Waals surface area contributed by atoms with Gasteiger partial charge in [0, 0.05) is 19.0 Å². The third-order valence-electron chi connectivity index (χ3n) is 6.43. The zero-order valence-corrected chi connectivity index (χ0v) is 19.1. The minimum absolute atomic E-state index is 0.0942. The molecule has 0 saturated heterocycles. The Morgan fingerprint density at radius 1 is 1.12 bits per heavy atom. The maximum atomic E-state index is 13.4. The number of methoxy groups -OCH3 is 1. The summed E-state index contributed by atoms with van der Waals surface area (Å²) in [6.07, 6.45) is 4.39. The lowest BCUT2D eigenvalue weighted by molar-refractivity contribution is -0.121. The maximum absolute atomic E-state index is 13.4. The van der Waals surface area contributed by atoms with Crippen LogP contribution >= 0.6 is 0 Å². The summed E-state index contributed by atoms with van der Waals surface area (Å²) in [6, 6.07) is 14.6. The van der Waals surface area contributed by atoms with Gasteiger partial charge in [-0.1, -0.05) is 37.1 Å². The third-order valence-corrected chi connectivity index (χ3v) is 6.43. The van der Waals surface area contributed by atoms with Crippen LogP contribution in [0.15, 0.2) is 58.1 Å². The number of fused-ring (bicyclic) bond motifs is 3. The summed E-state index contributed by atoms with van der Waals surface area (Å²) in [4.78, 5) is 39.2. The zero-order chi connectivity index (χ0) is 23.7. The monoisotopic (exact) mass is 461 g/mol. The molecule has 4 aromatic rings. The molecule has 5 rings (SSSR count). The van der Waals surface area contributed by atoms with Crippen molar-refractivity contribution >= 4 is 22.6 Å². The molecule has 2 aromatic heterocycles. The molecule has 0 bridgehead atoms. The van der Waals surface area contributed by atoms with Crippen molar-refractivity contribution in [2.24, 2.45) is 0 Å². The first kappa shape index (κ1) is 21.9. The Morgan fingerprint density at radius 3 is 2.71 bits per heavy atom. The molecule has 0 unspecified atom stereocenters. The van der Waals surface area contributed by atoms with Gasteiger partial charge in [0.25, 0.3) is 5.56 Å². The largest absolute Gasteiger partial charge is 0.497 e. The normalized spacial score (nSPS) is 14.1. The van der Waals surface area contributed by atoms with Crippen LogP contribution in [0.5, 0.6) is 5.75 Å². The van der Waals surface area contributed by atoms with Crippen molar-refractivity contribution in [2.75, 3.05) is 7.11 Å². The fraction of sp³-hybridized carbons (Fsp3) is 0.360. The fourth-order valence-corrected chi connectivity index (χ4v) is 4.70. The van der Waals surface area contributed by atoms with Crippen LogP contribution in [0, 0.1) is 0 Å². The van der Waals surface area contributed by atoms with Crippen molar-refractivity contribution in [3.05, 3.63) is 74.9 Å². The smallest absolute Gasteiger partial charge is 0.352 e. The summed E-state index contributed by atoms with van der Waals surface area (Å²) in [5.41, 5.74) is 0.725. The van der Waals surface area contributed by atoms with Gasteiger partial charge in [0.15, 0.2) is 0 Å². The number of para-hydroxylation sites is 1. The van der Waals surface area contributed by atoms with Crippen LogP contribution in [0.3, 0.4) is 0 Å². The number of nitrogens with zero attached hydrogens (tertiary/aromatic N) is 4. The molecule has 1 saturated carbocycles. The highest BCUT2D eigenvalue weighted by Crippen LogP contribution is 2.18. The van der Waals surface area contributed by atoms with Gasteiger partial charge >= 0.3 is 5.69 Å². The molecule has 9 heteroatoms. The molecule has 9 nitrogen and oxygen atoms in total. The lowest BCUT2D eigenvalue weighted by atomic mass is 10.2. The van der Waals surface area contributed by atoms with Gasteiger partial charge < -0.3 is 10.1 Å². The summed E-state index contributed by atoms with van der Waals surface area (Å²) in [7, 11) is 1.59. The molecular formula is C25H27N5O4. The molecule has 0 aliphatic heterocycles. The van der Waals surface area contributed by atoms with E-state index in [2.05, 4.69) is 10.4 Å². The van der Waals surface area contributed by atoms with E-state index in [0.29, 0.717) is 16.7 Å². The van der Waals surface area contributed by atoms with E-state index in [1.165, 1.54) is 13.6 Å². The number of aryl methyl sites for hydroxylation is 1. The van der Waals surface area contributed by atoms with Gasteiger partial charge in [0.2, 0.25) is 11.7 Å². The van der Waals surface area contributed by atoms with Crippen LogP contribution in [0.1, 0.15) is 37.7 Å². The summed E-state index contributed by atoms with van der Waals surface area (Å²) < 4.78 is 9.50. The molecule has 1 aliphatic rings. The number of carbonyl (C=O) groups is 1. The topological polar surface area (TPSA) is 99.6 Å². The van der Waals surface area contributed by atoms with Crippen molar-refractivity contribution in [1.82, 2.24) is 24.1 Å². The number of ether oxygens (including phenoxy) is 1. The Kier molecular flexibility index (Phi) is 5.91. The van der Waals surface area contributed by atoms with Crippen molar-refractivity contribution in [3.63, 3.8) is 0 Å². The second-order valence-electron chi connectivity index (χ2n) is 8.70. The summed E-state index contributed by atoms with van der Waals surface area (Å²) in [5.74, 6) is 0.818. The molecule has 0 radical (unpaired) electrons. The van der Waals surface area contributed by atoms with Crippen molar-refractivity contribution < 1.29 is 9.53 Å². The molecule has 1 N–H and O–H groups in total. The predicted octanol–water partition coefficient (Wildman–Crippen LogP) is 2.32. The fourth-order valence-electron chi connectivity index (χ4n) is 4.70. The molecule has 1 aliphatic carbocycles. The van der Waals surface area contributed by atoms with Crippen molar-refractivity contribution in [1.29, 1.82) is 0 Å². The zero-order valence-electron chi connectivity index (χ0n) is 19.1. The summed E-state index contributed by atoms with van der Waals surface area (Å²) in [5, 5.41) is 7.98. The summed E-state index contributed by atoms with van der Waals surface area (Å²) >= 11 is 0. The van der Waals surface area contributed by atoms with Gasteiger partial charge in [0.05, 0.1) is 24.6 Å². The van der Waals surface area contributed by atoms with Crippen LogP contribution in [-0.2, 0) is 17.9 Å². The number of rotatable bonds is 7. The Morgan fingerprint density at radius 2 is 1.91 bits per heavy atom. The third kappa shape index (κ3) is 4.09. The standard InChI is InChI=1S/C25H27N5O4/c1-34-19-10-6-7-17(15-19)16-29-25(33)30-21-12-5-4-11-20(21)23(32)28(24(30)27-29)14-13-22(31)26-18-8-2-3-9-18/h4-7,10-12,15,18H,2-3,8-9,13-14,16H2,1H3,(H,26,31). The lowest BCUT2D eigenvalue weighted by Crippen LogP contribution is -2.34. The van der Waals surface area contributed by atoms with E-state index >= 15 is 0 Å². The van der Waals surface area contributed by atoms with Gasteiger partial charge in [-0.15, -0.1) is 5.10 Å². The van der Waals surface area contributed by atoms with E-state index < -0.39 is 0 Å². The summed E-state index contributed by atoms with van der Waals surface area (Å²) in [6.45, 7) is 0.365. The van der Waals surface area contributed by atoms with Gasteiger partial charge in [-0.2, -0.15) is 0 Å². The first-order valence-corrected chi connectivity index (χ1v) is 11.6. The van der Waals surface area contributed by atoms with Gasteiger partial charge in [-0.05, 0) is 42.7 Å². The average Bonchev–Trinajstić information content (AvgIpc) is 3.47. The highest BCUT2D eigenvalue weighted by atomic mass is 16.5. The van der Waals surface area contributed by atoms with Crippen LogP contribution in [0.2, 0.25) is 0 Å². The van der Waals surface area contributed by atoms with E-state index in [1.54, 1.807) is 31.4 Å². The molecule has 1 fully saturated rings. The van der Waals surface area contributed by atoms with Crippen molar-refractivity contribution in [3.8, 4) is 5.75 Å². The number of hydrogen-bond acceptors (Lipinski definition) is 5. The van der Waals surface area contributed by atoms with Crippen LogP contribution in [0.4, 0.5) is 0 Å². The molecule has 0 spiro atoms. The molecule has 176 valence electrons. The SMILES string of the molecule is COc1cccc(Cn2nc3n(CCC(=O)NC4CCCC4)c(=O)c4ccccc4n3c2=O)c1. The molecular weight excluding hydrogens is 434 g/mol. The van der Waals surface area contributed by atoms with E-state index in [-0.39, 0.29) is 48.5 Å². The molecule has 1 amide bonds. The van der Waals surface area contributed by atoms with Crippen LogP contribution < -0.4 is 21.3 Å². The molecule has 2 aromatic carbocycles. The maximum Gasteiger partial charge on any atom is 0.352 e. The Labute approximate surface area is 195 Å². The second kappa shape index (κ2) is 9.17. The number of amides is 1. The van der Waals surface area contributed by atoms with Gasteiger partial charge in [-0.25, -0.2) is 13.9 Å². The number of carbonyl (C=O) groups excluding carboxylic acids is 1. The molecule has 34 heavy (non-hydrogen) atoms. The van der Waals surface area contributed by atoms with E-state index in [9.17, 15) is 14.4 Å². The van der Waals surface area contributed by atoms with Gasteiger partial charge in [-0.3, -0.25) is 14.2 Å².